The molecule has 1 fully saturated rings. The summed E-state index contributed by atoms with van der Waals surface area (Å²) in [6.45, 7) is 1.35. The predicted molar refractivity (Wildman–Crippen MR) is 54.3 cm³/mol. The van der Waals surface area contributed by atoms with Crippen molar-refractivity contribution in [1.29, 1.82) is 0 Å². The third-order valence-electron chi connectivity index (χ3n) is 2.91. The van der Waals surface area contributed by atoms with Crippen LogP contribution in [0.4, 0.5) is 0 Å². The van der Waals surface area contributed by atoms with Crippen LogP contribution < -0.4 is 4.74 Å². The van der Waals surface area contributed by atoms with Crippen LogP contribution >= 0.6 is 0 Å². The Kier molecular flexibility index (Phi) is 1.99. The highest BCUT2D eigenvalue weighted by atomic mass is 16.6. The van der Waals surface area contributed by atoms with Gasteiger partial charge in [-0.3, -0.25) is 4.79 Å². The molecular weight excluding hydrogens is 192 g/mol. The minimum absolute atomic E-state index is 0.195. The molecule has 0 radical (unpaired) electrons. The van der Waals surface area contributed by atoms with Gasteiger partial charge < -0.3 is 9.47 Å². The molecule has 1 heterocycles. The van der Waals surface area contributed by atoms with Gasteiger partial charge in [0.15, 0.2) is 5.78 Å². The second-order valence-electron chi connectivity index (χ2n) is 4.02. The van der Waals surface area contributed by atoms with Gasteiger partial charge in [0.25, 0.3) is 0 Å². The molecule has 1 aromatic rings. The molecule has 3 rings (SSSR count). The lowest BCUT2D eigenvalue weighted by Gasteiger charge is -2.26. The summed E-state index contributed by atoms with van der Waals surface area (Å²) < 4.78 is 10.7. The van der Waals surface area contributed by atoms with E-state index in [0.29, 0.717) is 19.6 Å². The van der Waals surface area contributed by atoms with Crippen molar-refractivity contribution in [2.45, 2.75) is 18.9 Å². The second-order valence-corrected chi connectivity index (χ2v) is 4.02. The predicted octanol–water partition coefficient (Wildman–Crippen LogP) is 1.59. The van der Waals surface area contributed by atoms with E-state index in [9.17, 15) is 4.79 Å². The third-order valence-corrected chi connectivity index (χ3v) is 2.91. The lowest BCUT2D eigenvalue weighted by atomic mass is 10.1. The Morgan fingerprint density at radius 2 is 2.13 bits per heavy atom. The normalized spacial score (nSPS) is 19.9. The summed E-state index contributed by atoms with van der Waals surface area (Å²) in [5, 5.41) is 0. The van der Waals surface area contributed by atoms with E-state index in [1.54, 1.807) is 0 Å². The molecule has 0 saturated carbocycles. The number of carbonyl (C=O) groups is 1. The Hall–Kier alpha value is -1.35. The molecule has 78 valence electrons. The molecule has 3 heteroatoms. The van der Waals surface area contributed by atoms with Gasteiger partial charge in [-0.1, -0.05) is 0 Å². The Balaban J connectivity index is 1.82. The van der Waals surface area contributed by atoms with E-state index in [0.717, 1.165) is 23.3 Å². The Labute approximate surface area is 88.0 Å². The van der Waals surface area contributed by atoms with Gasteiger partial charge in [-0.15, -0.1) is 0 Å². The lowest BCUT2D eigenvalue weighted by Crippen LogP contribution is -2.38. The van der Waals surface area contributed by atoms with Crippen LogP contribution in [-0.2, 0) is 11.2 Å². The van der Waals surface area contributed by atoms with Crippen molar-refractivity contribution in [1.82, 2.24) is 0 Å². The third kappa shape index (κ3) is 1.53. The van der Waals surface area contributed by atoms with Crippen LogP contribution in [0.3, 0.4) is 0 Å². The number of rotatable bonds is 2. The number of aryl methyl sites for hydroxylation is 1. The van der Waals surface area contributed by atoms with E-state index < -0.39 is 0 Å². The first kappa shape index (κ1) is 8.92. The molecular formula is C12H12O3. The summed E-state index contributed by atoms with van der Waals surface area (Å²) in [6, 6.07) is 5.73. The van der Waals surface area contributed by atoms with Gasteiger partial charge >= 0.3 is 0 Å². The smallest absolute Gasteiger partial charge is 0.163 e. The molecule has 1 saturated heterocycles. The van der Waals surface area contributed by atoms with Crippen molar-refractivity contribution < 1.29 is 14.3 Å². The van der Waals surface area contributed by atoms with Crippen LogP contribution in [0, 0.1) is 0 Å². The summed E-state index contributed by atoms with van der Waals surface area (Å²) in [5.41, 5.74) is 1.99. The zero-order chi connectivity index (χ0) is 10.3. The molecule has 15 heavy (non-hydrogen) atoms. The van der Waals surface area contributed by atoms with Crippen LogP contribution in [0.5, 0.6) is 5.75 Å². The fourth-order valence-corrected chi connectivity index (χ4v) is 1.98. The van der Waals surface area contributed by atoms with Gasteiger partial charge in [0, 0.05) is 12.0 Å². The zero-order valence-electron chi connectivity index (χ0n) is 8.36. The average Bonchev–Trinajstić information content (AvgIpc) is 2.54. The van der Waals surface area contributed by atoms with Crippen LogP contribution in [0.25, 0.3) is 0 Å². The number of Topliss-reactive ketones (excluding diaryl/α,β-unsaturated/α-hetero) is 1. The fraction of sp³-hybridized carbons (Fsp3) is 0.417. The molecule has 0 N–H and O–H groups in total. The van der Waals surface area contributed by atoms with Crippen molar-refractivity contribution in [3.05, 3.63) is 29.3 Å². The Morgan fingerprint density at radius 1 is 1.27 bits per heavy atom. The van der Waals surface area contributed by atoms with Crippen LogP contribution in [0.2, 0.25) is 0 Å². The summed E-state index contributed by atoms with van der Waals surface area (Å²) in [7, 11) is 0. The number of ketones is 1. The highest BCUT2D eigenvalue weighted by molar-refractivity contribution is 6.00. The molecule has 0 atom stereocenters. The molecule has 0 amide bonds. The van der Waals surface area contributed by atoms with Gasteiger partial charge in [0.2, 0.25) is 0 Å². The Morgan fingerprint density at radius 3 is 2.87 bits per heavy atom. The average molecular weight is 204 g/mol. The Bertz CT molecular complexity index is 407. The van der Waals surface area contributed by atoms with Gasteiger partial charge in [-0.2, -0.15) is 0 Å². The van der Waals surface area contributed by atoms with Crippen molar-refractivity contribution in [3.8, 4) is 5.75 Å². The molecule has 0 spiro atoms. The SMILES string of the molecule is O=C1CCc2cc(OC3COC3)ccc21. The molecule has 0 unspecified atom stereocenters. The highest BCUT2D eigenvalue weighted by Crippen LogP contribution is 2.27. The fourth-order valence-electron chi connectivity index (χ4n) is 1.98. The van der Waals surface area contributed by atoms with Crippen LogP contribution in [-0.4, -0.2) is 25.1 Å². The van der Waals surface area contributed by atoms with Gasteiger partial charge in [-0.05, 0) is 30.2 Å². The van der Waals surface area contributed by atoms with Crippen molar-refractivity contribution in [3.63, 3.8) is 0 Å². The van der Waals surface area contributed by atoms with Crippen molar-refractivity contribution in [2.75, 3.05) is 13.2 Å². The first-order valence-corrected chi connectivity index (χ1v) is 5.23. The number of fused-ring (bicyclic) bond motifs is 1. The number of ether oxygens (including phenoxy) is 2. The molecule has 1 aromatic carbocycles. The maximum absolute atomic E-state index is 11.4. The first-order valence-electron chi connectivity index (χ1n) is 5.23. The van der Waals surface area contributed by atoms with Crippen molar-refractivity contribution >= 4 is 5.78 Å². The zero-order valence-corrected chi connectivity index (χ0v) is 8.36. The number of hydrogen-bond acceptors (Lipinski definition) is 3. The minimum atomic E-state index is 0.195. The van der Waals surface area contributed by atoms with Crippen LogP contribution in [0.15, 0.2) is 18.2 Å². The van der Waals surface area contributed by atoms with Gasteiger partial charge in [-0.25, -0.2) is 0 Å². The van der Waals surface area contributed by atoms with Gasteiger partial charge in [0.05, 0.1) is 13.2 Å². The molecule has 1 aliphatic heterocycles. The van der Waals surface area contributed by atoms with E-state index >= 15 is 0 Å². The topological polar surface area (TPSA) is 35.5 Å². The molecule has 0 aromatic heterocycles. The van der Waals surface area contributed by atoms with Crippen LogP contribution in [0.1, 0.15) is 22.3 Å². The minimum Gasteiger partial charge on any atom is -0.486 e. The summed E-state index contributed by atoms with van der Waals surface area (Å²) >= 11 is 0. The molecule has 2 aliphatic rings. The van der Waals surface area contributed by atoms with Gasteiger partial charge in [0.1, 0.15) is 11.9 Å². The first-order chi connectivity index (χ1) is 7.33. The van der Waals surface area contributed by atoms with E-state index in [4.69, 9.17) is 9.47 Å². The standard InChI is InChI=1S/C12H12O3/c13-12-4-1-8-5-9(2-3-11(8)12)15-10-6-14-7-10/h2-3,5,10H,1,4,6-7H2. The number of benzene rings is 1. The van der Waals surface area contributed by atoms with E-state index in [-0.39, 0.29) is 11.9 Å². The molecule has 3 nitrogen and oxygen atoms in total. The second kappa shape index (κ2) is 3.35. The van der Waals surface area contributed by atoms with E-state index in [1.807, 2.05) is 18.2 Å². The largest absolute Gasteiger partial charge is 0.486 e. The summed E-state index contributed by atoms with van der Waals surface area (Å²) in [6.07, 6.45) is 1.69. The van der Waals surface area contributed by atoms with E-state index in [1.165, 1.54) is 0 Å². The maximum atomic E-state index is 11.4. The monoisotopic (exact) mass is 204 g/mol. The lowest BCUT2D eigenvalue weighted by molar-refractivity contribution is -0.0797. The maximum Gasteiger partial charge on any atom is 0.163 e. The summed E-state index contributed by atoms with van der Waals surface area (Å²) in [4.78, 5) is 11.4. The highest BCUT2D eigenvalue weighted by Gasteiger charge is 2.23. The number of hydrogen-bond donors (Lipinski definition) is 0. The van der Waals surface area contributed by atoms with Crippen molar-refractivity contribution in [2.24, 2.45) is 0 Å². The molecule has 1 aliphatic carbocycles. The molecule has 0 bridgehead atoms. The number of carbonyl (C=O) groups excluding carboxylic acids is 1. The quantitative estimate of drug-likeness (QED) is 0.734. The van der Waals surface area contributed by atoms with E-state index in [2.05, 4.69) is 0 Å². The summed E-state index contributed by atoms with van der Waals surface area (Å²) in [5.74, 6) is 1.11.